The molecule has 1 fully saturated rings. The molecule has 0 spiro atoms. The predicted molar refractivity (Wildman–Crippen MR) is 92.0 cm³/mol. The number of nitrogens with zero attached hydrogens (tertiary/aromatic N) is 2. The Balaban J connectivity index is 1.76. The summed E-state index contributed by atoms with van der Waals surface area (Å²) in [5.41, 5.74) is 0.523. The summed E-state index contributed by atoms with van der Waals surface area (Å²) in [5.74, 6) is 0.0382. The van der Waals surface area contributed by atoms with Gasteiger partial charge in [0.15, 0.2) is 0 Å². The fourth-order valence-electron chi connectivity index (χ4n) is 2.77. The van der Waals surface area contributed by atoms with Gasteiger partial charge in [-0.05, 0) is 38.1 Å². The first-order valence-corrected chi connectivity index (χ1v) is 9.80. The van der Waals surface area contributed by atoms with Crippen molar-refractivity contribution in [1.82, 2.24) is 20.2 Å². The number of aliphatic carboxylic acids is 1. The molecule has 10 heteroatoms. The molecule has 0 amide bonds. The van der Waals surface area contributed by atoms with Gasteiger partial charge in [-0.2, -0.15) is 4.98 Å². The van der Waals surface area contributed by atoms with E-state index in [0.717, 1.165) is 25.9 Å². The Kier molecular flexibility index (Phi) is 5.64. The largest absolute Gasteiger partial charge is 0.481 e. The molecule has 1 aliphatic heterocycles. The summed E-state index contributed by atoms with van der Waals surface area (Å²) < 4.78 is 32.2. The number of carbonyl (C=O) groups is 1. The summed E-state index contributed by atoms with van der Waals surface area (Å²) in [4.78, 5) is 15.0. The summed E-state index contributed by atoms with van der Waals surface area (Å²) in [7, 11) is -3.81. The first-order valence-electron chi connectivity index (χ1n) is 8.32. The highest BCUT2D eigenvalue weighted by atomic mass is 32.2. The molecule has 0 bridgehead atoms. The lowest BCUT2D eigenvalue weighted by Crippen LogP contribution is -2.26. The minimum Gasteiger partial charge on any atom is -0.481 e. The molecule has 0 atom stereocenters. The van der Waals surface area contributed by atoms with Crippen LogP contribution in [0.5, 0.6) is 0 Å². The monoisotopic (exact) mass is 380 g/mol. The third kappa shape index (κ3) is 4.45. The summed E-state index contributed by atoms with van der Waals surface area (Å²) in [5, 5.41) is 15.9. The van der Waals surface area contributed by atoms with Crippen LogP contribution in [0.25, 0.3) is 11.4 Å². The standard InChI is InChI=1S/C16H20N4O5S/c21-14(22)6-9-18-26(23,24)13-3-1-2-12(10-13)15-19-16(25-20-15)11-4-7-17-8-5-11/h1-3,10-11,17-18H,4-9H2,(H,21,22). The molecule has 0 saturated carbocycles. The van der Waals surface area contributed by atoms with Crippen molar-refractivity contribution in [1.29, 1.82) is 0 Å². The van der Waals surface area contributed by atoms with Gasteiger partial charge in [0.25, 0.3) is 0 Å². The lowest BCUT2D eigenvalue weighted by atomic mass is 9.98. The number of benzene rings is 1. The summed E-state index contributed by atoms with van der Waals surface area (Å²) >= 11 is 0. The number of rotatable bonds is 7. The average Bonchev–Trinajstić information content (AvgIpc) is 3.12. The van der Waals surface area contributed by atoms with Crippen LogP contribution in [0.15, 0.2) is 33.7 Å². The van der Waals surface area contributed by atoms with Gasteiger partial charge in [0.05, 0.1) is 11.3 Å². The van der Waals surface area contributed by atoms with Crippen molar-refractivity contribution in [2.45, 2.75) is 30.1 Å². The number of carboxylic acids is 1. The lowest BCUT2D eigenvalue weighted by molar-refractivity contribution is -0.136. The third-order valence-corrected chi connectivity index (χ3v) is 5.62. The van der Waals surface area contributed by atoms with Crippen molar-refractivity contribution in [3.05, 3.63) is 30.2 Å². The molecule has 1 aromatic heterocycles. The molecule has 0 radical (unpaired) electrons. The van der Waals surface area contributed by atoms with Crippen molar-refractivity contribution >= 4 is 16.0 Å². The Hall–Kier alpha value is -2.30. The minimum atomic E-state index is -3.81. The second kappa shape index (κ2) is 7.94. The normalized spacial score (nSPS) is 15.8. The van der Waals surface area contributed by atoms with Crippen LogP contribution in [0.3, 0.4) is 0 Å². The van der Waals surface area contributed by atoms with Gasteiger partial charge in [-0.25, -0.2) is 13.1 Å². The molecule has 3 N–H and O–H groups in total. The van der Waals surface area contributed by atoms with Gasteiger partial charge >= 0.3 is 5.97 Å². The van der Waals surface area contributed by atoms with Gasteiger partial charge in [-0.1, -0.05) is 17.3 Å². The van der Waals surface area contributed by atoms with E-state index in [1.165, 1.54) is 12.1 Å². The van der Waals surface area contributed by atoms with E-state index in [1.807, 2.05) is 0 Å². The minimum absolute atomic E-state index is 0.0219. The molecule has 2 heterocycles. The number of piperidine rings is 1. The van der Waals surface area contributed by atoms with Gasteiger partial charge in [0, 0.05) is 18.0 Å². The first kappa shape index (κ1) is 18.5. The molecule has 0 aliphatic carbocycles. The van der Waals surface area contributed by atoms with Gasteiger partial charge in [-0.3, -0.25) is 4.79 Å². The Morgan fingerprint density at radius 3 is 2.85 bits per heavy atom. The molecule has 1 saturated heterocycles. The molecule has 2 aromatic rings. The van der Waals surface area contributed by atoms with Gasteiger partial charge in [-0.15, -0.1) is 0 Å². The maximum absolute atomic E-state index is 12.3. The van der Waals surface area contributed by atoms with Crippen LogP contribution < -0.4 is 10.0 Å². The number of aromatic nitrogens is 2. The van der Waals surface area contributed by atoms with Gasteiger partial charge < -0.3 is 14.9 Å². The van der Waals surface area contributed by atoms with Crippen molar-refractivity contribution in [3.63, 3.8) is 0 Å². The van der Waals surface area contributed by atoms with Crippen molar-refractivity contribution < 1.29 is 22.8 Å². The van der Waals surface area contributed by atoms with Crippen LogP contribution in [-0.4, -0.2) is 49.3 Å². The van der Waals surface area contributed by atoms with E-state index in [0.29, 0.717) is 17.3 Å². The first-order chi connectivity index (χ1) is 12.5. The average molecular weight is 380 g/mol. The van der Waals surface area contributed by atoms with Crippen LogP contribution in [0.4, 0.5) is 0 Å². The number of sulfonamides is 1. The molecule has 140 valence electrons. The van der Waals surface area contributed by atoms with Crippen LogP contribution in [0.2, 0.25) is 0 Å². The van der Waals surface area contributed by atoms with E-state index in [2.05, 4.69) is 20.2 Å². The van der Waals surface area contributed by atoms with Crippen LogP contribution in [0, 0.1) is 0 Å². The van der Waals surface area contributed by atoms with Crippen molar-refractivity contribution in [2.24, 2.45) is 0 Å². The van der Waals surface area contributed by atoms with E-state index in [-0.39, 0.29) is 23.8 Å². The molecular weight excluding hydrogens is 360 g/mol. The highest BCUT2D eigenvalue weighted by Crippen LogP contribution is 2.26. The zero-order chi connectivity index (χ0) is 18.6. The highest BCUT2D eigenvalue weighted by Gasteiger charge is 2.22. The quantitative estimate of drug-likeness (QED) is 0.646. The molecule has 1 aromatic carbocycles. The Labute approximate surface area is 150 Å². The molecule has 26 heavy (non-hydrogen) atoms. The Morgan fingerprint density at radius 1 is 1.35 bits per heavy atom. The number of hydrogen-bond donors (Lipinski definition) is 3. The topological polar surface area (TPSA) is 134 Å². The van der Waals surface area contributed by atoms with E-state index >= 15 is 0 Å². The number of nitrogens with one attached hydrogen (secondary N) is 2. The molecular formula is C16H20N4O5S. The second-order valence-corrected chi connectivity index (χ2v) is 7.82. The fraction of sp³-hybridized carbons (Fsp3) is 0.438. The predicted octanol–water partition coefficient (Wildman–Crippen LogP) is 0.957. The zero-order valence-electron chi connectivity index (χ0n) is 14.0. The summed E-state index contributed by atoms with van der Waals surface area (Å²) in [6.07, 6.45) is 1.55. The summed E-state index contributed by atoms with van der Waals surface area (Å²) in [6.45, 7) is 1.63. The smallest absolute Gasteiger partial charge is 0.304 e. The molecule has 3 rings (SSSR count). The van der Waals surface area contributed by atoms with E-state index < -0.39 is 16.0 Å². The molecule has 9 nitrogen and oxygen atoms in total. The maximum Gasteiger partial charge on any atom is 0.304 e. The Morgan fingerprint density at radius 2 is 2.12 bits per heavy atom. The molecule has 0 unspecified atom stereocenters. The highest BCUT2D eigenvalue weighted by molar-refractivity contribution is 7.89. The van der Waals surface area contributed by atoms with E-state index in [9.17, 15) is 13.2 Å². The van der Waals surface area contributed by atoms with Crippen LogP contribution in [-0.2, 0) is 14.8 Å². The summed E-state index contributed by atoms with van der Waals surface area (Å²) in [6, 6.07) is 6.16. The van der Waals surface area contributed by atoms with Gasteiger partial charge in [0.1, 0.15) is 0 Å². The van der Waals surface area contributed by atoms with E-state index in [4.69, 9.17) is 9.63 Å². The van der Waals surface area contributed by atoms with Crippen molar-refractivity contribution in [3.8, 4) is 11.4 Å². The number of hydrogen-bond acceptors (Lipinski definition) is 7. The van der Waals surface area contributed by atoms with Crippen LogP contribution >= 0.6 is 0 Å². The third-order valence-electron chi connectivity index (χ3n) is 4.16. The van der Waals surface area contributed by atoms with E-state index in [1.54, 1.807) is 12.1 Å². The second-order valence-electron chi connectivity index (χ2n) is 6.05. The van der Waals surface area contributed by atoms with Crippen LogP contribution in [0.1, 0.15) is 31.1 Å². The number of carboxylic acid groups (broad SMARTS) is 1. The van der Waals surface area contributed by atoms with Crippen molar-refractivity contribution in [2.75, 3.05) is 19.6 Å². The maximum atomic E-state index is 12.3. The zero-order valence-corrected chi connectivity index (χ0v) is 14.8. The molecule has 1 aliphatic rings. The van der Waals surface area contributed by atoms with Gasteiger partial charge in [0.2, 0.25) is 21.7 Å². The fourth-order valence-corrected chi connectivity index (χ4v) is 3.84. The Bertz CT molecular complexity index is 874. The lowest BCUT2D eigenvalue weighted by Gasteiger charge is -2.18. The SMILES string of the molecule is O=C(O)CCNS(=O)(=O)c1cccc(-c2noc(C3CCNCC3)n2)c1.